The second-order valence-electron chi connectivity index (χ2n) is 6.57. The molecule has 0 aliphatic rings. The van der Waals surface area contributed by atoms with Crippen molar-refractivity contribution in [3.05, 3.63) is 34.9 Å². The summed E-state index contributed by atoms with van der Waals surface area (Å²) >= 11 is 1.69. The molecule has 1 aromatic carbocycles. The lowest BCUT2D eigenvalue weighted by molar-refractivity contribution is -0.119. The predicted octanol–water partition coefficient (Wildman–Crippen LogP) is 4.33. The van der Waals surface area contributed by atoms with Crippen LogP contribution in [0.5, 0.6) is 0 Å². The summed E-state index contributed by atoms with van der Waals surface area (Å²) in [4.78, 5) is 12.1. The minimum atomic E-state index is 0.150. The molecule has 118 valence electrons. The summed E-state index contributed by atoms with van der Waals surface area (Å²) in [5, 5.41) is 3.17. The SMILES string of the molecule is Cc1cc(C)cc(CSCC(=O)NC(C(C)C)C(C)C)c1. The minimum absolute atomic E-state index is 0.150. The standard InChI is InChI=1S/C18H29NOS/c1-12(2)18(13(3)4)19-17(20)11-21-10-16-8-14(5)7-15(6)9-16/h7-9,12-13,18H,10-11H2,1-6H3,(H,19,20). The third-order valence-electron chi connectivity index (χ3n) is 3.55. The molecule has 0 heterocycles. The molecule has 0 fully saturated rings. The fourth-order valence-electron chi connectivity index (χ4n) is 2.74. The van der Waals surface area contributed by atoms with Gasteiger partial charge in [0.05, 0.1) is 5.75 Å². The van der Waals surface area contributed by atoms with Crippen LogP contribution in [0.4, 0.5) is 0 Å². The number of hydrogen-bond acceptors (Lipinski definition) is 2. The Hall–Kier alpha value is -0.960. The van der Waals surface area contributed by atoms with Gasteiger partial charge in [0.25, 0.3) is 0 Å². The smallest absolute Gasteiger partial charge is 0.230 e. The Balaban J connectivity index is 2.43. The van der Waals surface area contributed by atoms with E-state index in [0.717, 1.165) is 5.75 Å². The molecule has 0 saturated heterocycles. The quantitative estimate of drug-likeness (QED) is 0.812. The van der Waals surface area contributed by atoms with Crippen LogP contribution in [-0.2, 0) is 10.5 Å². The normalized spacial score (nSPS) is 11.5. The van der Waals surface area contributed by atoms with E-state index >= 15 is 0 Å². The maximum Gasteiger partial charge on any atom is 0.230 e. The third-order valence-corrected chi connectivity index (χ3v) is 4.55. The number of nitrogens with one attached hydrogen (secondary N) is 1. The third kappa shape index (κ3) is 6.56. The molecular weight excluding hydrogens is 278 g/mol. The van der Waals surface area contributed by atoms with Crippen molar-refractivity contribution in [1.82, 2.24) is 5.32 Å². The monoisotopic (exact) mass is 307 g/mol. The maximum atomic E-state index is 12.1. The van der Waals surface area contributed by atoms with E-state index in [-0.39, 0.29) is 11.9 Å². The molecule has 0 unspecified atom stereocenters. The number of amides is 1. The molecule has 21 heavy (non-hydrogen) atoms. The highest BCUT2D eigenvalue weighted by Gasteiger charge is 2.19. The van der Waals surface area contributed by atoms with Crippen LogP contribution in [0.15, 0.2) is 18.2 Å². The molecule has 0 radical (unpaired) electrons. The lowest BCUT2D eigenvalue weighted by atomic mass is 9.93. The summed E-state index contributed by atoms with van der Waals surface area (Å²) in [6.07, 6.45) is 0. The second-order valence-corrected chi connectivity index (χ2v) is 7.56. The van der Waals surface area contributed by atoms with Crippen LogP contribution in [0.3, 0.4) is 0 Å². The van der Waals surface area contributed by atoms with E-state index in [0.29, 0.717) is 17.6 Å². The van der Waals surface area contributed by atoms with Gasteiger partial charge in [0.15, 0.2) is 0 Å². The molecule has 1 N–H and O–H groups in total. The van der Waals surface area contributed by atoms with E-state index < -0.39 is 0 Å². The average Bonchev–Trinajstić information content (AvgIpc) is 2.34. The molecule has 0 spiro atoms. The number of carbonyl (C=O) groups excluding carboxylic acids is 1. The Morgan fingerprint density at radius 3 is 2.05 bits per heavy atom. The van der Waals surface area contributed by atoms with E-state index in [1.54, 1.807) is 11.8 Å². The van der Waals surface area contributed by atoms with Crippen molar-refractivity contribution >= 4 is 17.7 Å². The van der Waals surface area contributed by atoms with Crippen LogP contribution in [-0.4, -0.2) is 17.7 Å². The van der Waals surface area contributed by atoms with Gasteiger partial charge in [0.2, 0.25) is 5.91 Å². The molecule has 0 aromatic heterocycles. The van der Waals surface area contributed by atoms with Crippen LogP contribution >= 0.6 is 11.8 Å². The molecule has 0 aliphatic carbocycles. The van der Waals surface area contributed by atoms with Gasteiger partial charge >= 0.3 is 0 Å². The van der Waals surface area contributed by atoms with Gasteiger partial charge in [-0.05, 0) is 31.2 Å². The van der Waals surface area contributed by atoms with E-state index in [2.05, 4.69) is 65.1 Å². The molecule has 3 heteroatoms. The van der Waals surface area contributed by atoms with Crippen LogP contribution in [0, 0.1) is 25.7 Å². The zero-order valence-electron chi connectivity index (χ0n) is 14.2. The van der Waals surface area contributed by atoms with E-state index in [1.165, 1.54) is 16.7 Å². The van der Waals surface area contributed by atoms with Crippen LogP contribution in [0.2, 0.25) is 0 Å². The van der Waals surface area contributed by atoms with Crippen molar-refractivity contribution in [2.24, 2.45) is 11.8 Å². The summed E-state index contributed by atoms with van der Waals surface area (Å²) < 4.78 is 0. The number of hydrogen-bond donors (Lipinski definition) is 1. The molecule has 0 saturated carbocycles. The second kappa shape index (κ2) is 8.47. The molecule has 0 bridgehead atoms. The molecule has 2 nitrogen and oxygen atoms in total. The Kier molecular flexibility index (Phi) is 7.30. The first-order valence-corrected chi connectivity index (χ1v) is 8.89. The minimum Gasteiger partial charge on any atom is -0.352 e. The number of thioether (sulfide) groups is 1. The lowest BCUT2D eigenvalue weighted by Gasteiger charge is -2.26. The Morgan fingerprint density at radius 1 is 1.05 bits per heavy atom. The number of carbonyl (C=O) groups is 1. The molecule has 0 aliphatic heterocycles. The Labute approximate surface area is 134 Å². The van der Waals surface area contributed by atoms with Gasteiger partial charge in [-0.25, -0.2) is 0 Å². The molecule has 0 atom stereocenters. The van der Waals surface area contributed by atoms with Gasteiger partial charge in [-0.2, -0.15) is 0 Å². The first-order valence-electron chi connectivity index (χ1n) is 7.74. The fraction of sp³-hybridized carbons (Fsp3) is 0.611. The Morgan fingerprint density at radius 2 is 1.57 bits per heavy atom. The summed E-state index contributed by atoms with van der Waals surface area (Å²) in [7, 11) is 0. The maximum absolute atomic E-state index is 12.1. The average molecular weight is 308 g/mol. The van der Waals surface area contributed by atoms with Crippen LogP contribution in [0.25, 0.3) is 0 Å². The molecule has 1 amide bonds. The Bertz CT molecular complexity index is 440. The van der Waals surface area contributed by atoms with E-state index in [1.807, 2.05) is 0 Å². The summed E-state index contributed by atoms with van der Waals surface area (Å²) in [6.45, 7) is 12.9. The number of aryl methyl sites for hydroxylation is 2. The van der Waals surface area contributed by atoms with E-state index in [9.17, 15) is 4.79 Å². The van der Waals surface area contributed by atoms with Crippen molar-refractivity contribution in [3.8, 4) is 0 Å². The first kappa shape index (κ1) is 18.1. The first-order chi connectivity index (χ1) is 9.79. The van der Waals surface area contributed by atoms with Crippen molar-refractivity contribution in [1.29, 1.82) is 0 Å². The van der Waals surface area contributed by atoms with Gasteiger partial charge in [-0.1, -0.05) is 57.0 Å². The predicted molar refractivity (Wildman–Crippen MR) is 93.7 cm³/mol. The molecular formula is C18H29NOS. The van der Waals surface area contributed by atoms with Crippen LogP contribution in [0.1, 0.15) is 44.4 Å². The largest absolute Gasteiger partial charge is 0.352 e. The summed E-state index contributed by atoms with van der Waals surface area (Å²) in [5.74, 6) is 2.51. The van der Waals surface area contributed by atoms with Gasteiger partial charge in [-0.15, -0.1) is 11.8 Å². The number of rotatable bonds is 7. The highest BCUT2D eigenvalue weighted by Crippen LogP contribution is 2.16. The van der Waals surface area contributed by atoms with Crippen molar-refractivity contribution < 1.29 is 4.79 Å². The van der Waals surface area contributed by atoms with Crippen molar-refractivity contribution in [2.45, 2.75) is 53.3 Å². The van der Waals surface area contributed by atoms with Crippen molar-refractivity contribution in [3.63, 3.8) is 0 Å². The van der Waals surface area contributed by atoms with Gasteiger partial charge in [0, 0.05) is 11.8 Å². The van der Waals surface area contributed by atoms with Crippen molar-refractivity contribution in [2.75, 3.05) is 5.75 Å². The zero-order valence-corrected chi connectivity index (χ0v) is 15.0. The fourth-order valence-corrected chi connectivity index (χ4v) is 3.52. The zero-order chi connectivity index (χ0) is 16.0. The van der Waals surface area contributed by atoms with Gasteiger partial charge in [0.1, 0.15) is 0 Å². The molecule has 1 rings (SSSR count). The number of benzene rings is 1. The topological polar surface area (TPSA) is 29.1 Å². The summed E-state index contributed by atoms with van der Waals surface area (Å²) in [6, 6.07) is 6.84. The van der Waals surface area contributed by atoms with E-state index in [4.69, 9.17) is 0 Å². The van der Waals surface area contributed by atoms with Gasteiger partial charge < -0.3 is 5.32 Å². The highest BCUT2D eigenvalue weighted by atomic mass is 32.2. The lowest BCUT2D eigenvalue weighted by Crippen LogP contribution is -2.43. The van der Waals surface area contributed by atoms with Crippen LogP contribution < -0.4 is 5.32 Å². The summed E-state index contributed by atoms with van der Waals surface area (Å²) in [5.41, 5.74) is 3.87. The highest BCUT2D eigenvalue weighted by molar-refractivity contribution is 7.99. The molecule has 1 aromatic rings. The van der Waals surface area contributed by atoms with Gasteiger partial charge in [-0.3, -0.25) is 4.79 Å².